The zero-order valence-electron chi connectivity index (χ0n) is 17.5. The van der Waals surface area contributed by atoms with Crippen LogP contribution in [0.4, 0.5) is 5.69 Å². The van der Waals surface area contributed by atoms with Crippen molar-refractivity contribution in [1.29, 1.82) is 0 Å². The van der Waals surface area contributed by atoms with Crippen molar-refractivity contribution in [2.45, 2.75) is 13.5 Å². The lowest BCUT2D eigenvalue weighted by Crippen LogP contribution is -2.23. The fourth-order valence-corrected chi connectivity index (χ4v) is 3.08. The van der Waals surface area contributed by atoms with Crippen molar-refractivity contribution < 1.29 is 23.9 Å². The number of carbonyl (C=O) groups excluding carboxylic acids is 3. The van der Waals surface area contributed by atoms with E-state index >= 15 is 0 Å². The first kappa shape index (κ1) is 22.8. The first-order valence-electron chi connectivity index (χ1n) is 9.66. The van der Waals surface area contributed by atoms with Crippen molar-refractivity contribution in [3.63, 3.8) is 0 Å². The summed E-state index contributed by atoms with van der Waals surface area (Å²) in [6.07, 6.45) is 0. The Hall–Kier alpha value is -3.84. The van der Waals surface area contributed by atoms with Crippen LogP contribution >= 0.6 is 11.6 Å². The summed E-state index contributed by atoms with van der Waals surface area (Å²) in [6.45, 7) is 1.58. The Bertz CT molecular complexity index is 1150. The highest BCUT2D eigenvalue weighted by Gasteiger charge is 2.13. The van der Waals surface area contributed by atoms with Gasteiger partial charge in [-0.3, -0.25) is 14.4 Å². The van der Waals surface area contributed by atoms with E-state index in [0.717, 1.165) is 5.56 Å². The van der Waals surface area contributed by atoms with Gasteiger partial charge < -0.3 is 20.1 Å². The molecule has 0 saturated carbocycles. The first-order chi connectivity index (χ1) is 15.4. The predicted molar refractivity (Wildman–Crippen MR) is 121 cm³/mol. The first-order valence-corrected chi connectivity index (χ1v) is 10.0. The highest BCUT2D eigenvalue weighted by molar-refractivity contribution is 6.31. The number of carbonyl (C=O) groups is 3. The second-order valence-corrected chi connectivity index (χ2v) is 7.24. The molecular formula is C24H21ClN2O5. The minimum Gasteiger partial charge on any atom is -0.496 e. The largest absolute Gasteiger partial charge is 0.496 e. The van der Waals surface area contributed by atoms with Gasteiger partial charge in [-0.2, -0.15) is 0 Å². The third-order valence-electron chi connectivity index (χ3n) is 4.43. The second kappa shape index (κ2) is 10.5. The predicted octanol–water partition coefficient (Wildman–Crippen LogP) is 4.46. The van der Waals surface area contributed by atoms with E-state index in [4.69, 9.17) is 21.1 Å². The van der Waals surface area contributed by atoms with Crippen LogP contribution in [-0.2, 0) is 11.3 Å². The maximum atomic E-state index is 12.5. The molecule has 3 aromatic carbocycles. The minimum atomic E-state index is -0.459. The highest BCUT2D eigenvalue weighted by atomic mass is 35.5. The fourth-order valence-electron chi connectivity index (χ4n) is 2.91. The molecule has 0 unspecified atom stereocenters. The van der Waals surface area contributed by atoms with Crippen LogP contribution in [0.3, 0.4) is 0 Å². The van der Waals surface area contributed by atoms with Gasteiger partial charge in [0.05, 0.1) is 12.7 Å². The number of nitrogens with one attached hydrogen (secondary N) is 2. The Morgan fingerprint density at radius 3 is 2.38 bits per heavy atom. The fraction of sp³-hybridized carbons (Fsp3) is 0.125. The van der Waals surface area contributed by atoms with E-state index in [1.165, 1.54) is 20.1 Å². The third-order valence-corrected chi connectivity index (χ3v) is 4.66. The molecule has 3 rings (SSSR count). The Morgan fingerprint density at radius 2 is 1.69 bits per heavy atom. The number of rotatable bonds is 7. The number of hydrogen-bond acceptors (Lipinski definition) is 5. The number of methoxy groups -OCH3 is 1. The van der Waals surface area contributed by atoms with Gasteiger partial charge in [0.25, 0.3) is 11.8 Å². The topological polar surface area (TPSA) is 93.7 Å². The summed E-state index contributed by atoms with van der Waals surface area (Å²) in [5.41, 5.74) is 2.13. The number of amides is 2. The summed E-state index contributed by atoms with van der Waals surface area (Å²) in [6, 6.07) is 18.2. The van der Waals surface area contributed by atoms with Crippen molar-refractivity contribution in [1.82, 2.24) is 5.32 Å². The summed E-state index contributed by atoms with van der Waals surface area (Å²) in [7, 11) is 1.49. The van der Waals surface area contributed by atoms with E-state index in [2.05, 4.69) is 10.6 Å². The van der Waals surface area contributed by atoms with Gasteiger partial charge in [-0.15, -0.1) is 0 Å². The highest BCUT2D eigenvalue weighted by Crippen LogP contribution is 2.22. The normalized spacial score (nSPS) is 10.2. The lowest BCUT2D eigenvalue weighted by molar-refractivity contribution is -0.131. The summed E-state index contributed by atoms with van der Waals surface area (Å²) in [4.78, 5) is 36.0. The van der Waals surface area contributed by atoms with Gasteiger partial charge in [-0.05, 0) is 54.1 Å². The minimum absolute atomic E-state index is 0.285. The zero-order valence-corrected chi connectivity index (χ0v) is 18.2. The van der Waals surface area contributed by atoms with Crippen LogP contribution in [0, 0.1) is 0 Å². The molecule has 0 aliphatic heterocycles. The molecule has 3 aromatic rings. The molecule has 0 aromatic heterocycles. The van der Waals surface area contributed by atoms with E-state index in [1.807, 2.05) is 0 Å². The van der Waals surface area contributed by atoms with E-state index in [1.54, 1.807) is 60.7 Å². The van der Waals surface area contributed by atoms with Crippen molar-refractivity contribution in [2.24, 2.45) is 0 Å². The van der Waals surface area contributed by atoms with Crippen molar-refractivity contribution in [3.05, 3.63) is 88.4 Å². The van der Waals surface area contributed by atoms with Crippen LogP contribution in [0.5, 0.6) is 11.5 Å². The number of esters is 1. The molecule has 2 amide bonds. The molecule has 2 N–H and O–H groups in total. The number of hydrogen-bond donors (Lipinski definition) is 2. The van der Waals surface area contributed by atoms with Gasteiger partial charge in [0.15, 0.2) is 0 Å². The number of ether oxygens (including phenoxy) is 2. The number of anilines is 1. The van der Waals surface area contributed by atoms with Crippen LogP contribution in [0.1, 0.15) is 33.2 Å². The van der Waals surface area contributed by atoms with E-state index < -0.39 is 5.97 Å². The molecule has 7 nitrogen and oxygen atoms in total. The maximum absolute atomic E-state index is 12.5. The quantitative estimate of drug-likeness (QED) is 0.408. The van der Waals surface area contributed by atoms with Gasteiger partial charge in [0.2, 0.25) is 0 Å². The average Bonchev–Trinajstić information content (AvgIpc) is 2.78. The molecule has 0 heterocycles. The van der Waals surface area contributed by atoms with Gasteiger partial charge in [-0.25, -0.2) is 0 Å². The van der Waals surface area contributed by atoms with Crippen LogP contribution in [0.2, 0.25) is 5.02 Å². The Labute approximate surface area is 190 Å². The third kappa shape index (κ3) is 6.09. The lowest BCUT2D eigenvalue weighted by atomic mass is 10.1. The Kier molecular flexibility index (Phi) is 7.46. The van der Waals surface area contributed by atoms with Crippen molar-refractivity contribution >= 4 is 35.1 Å². The second-order valence-electron chi connectivity index (χ2n) is 6.80. The number of halogens is 1. The van der Waals surface area contributed by atoms with Crippen LogP contribution in [0.15, 0.2) is 66.7 Å². The van der Waals surface area contributed by atoms with E-state index in [0.29, 0.717) is 33.3 Å². The summed E-state index contributed by atoms with van der Waals surface area (Å²) >= 11 is 5.98. The lowest BCUT2D eigenvalue weighted by Gasteiger charge is -2.11. The van der Waals surface area contributed by atoms with E-state index in [9.17, 15) is 14.4 Å². The molecule has 0 saturated heterocycles. The smallest absolute Gasteiger partial charge is 0.308 e. The zero-order chi connectivity index (χ0) is 23.1. The molecule has 0 atom stereocenters. The van der Waals surface area contributed by atoms with E-state index in [-0.39, 0.29) is 18.4 Å². The van der Waals surface area contributed by atoms with Gasteiger partial charge in [-0.1, -0.05) is 29.8 Å². The Balaban J connectivity index is 1.60. The monoisotopic (exact) mass is 452 g/mol. The van der Waals surface area contributed by atoms with Crippen LogP contribution < -0.4 is 20.1 Å². The summed E-state index contributed by atoms with van der Waals surface area (Å²) in [5.74, 6) is -0.378. The molecule has 0 spiro atoms. The molecule has 8 heteroatoms. The Morgan fingerprint density at radius 1 is 0.938 bits per heavy atom. The molecule has 0 aliphatic carbocycles. The standard InChI is InChI=1S/C24H21ClN2O5/c1-15(28)32-20-5-3-4-17(12-20)23(29)27-19-9-6-16(7-10-19)14-26-24(30)21-13-18(25)8-11-22(21)31-2/h3-13H,14H2,1-2H3,(H,26,30)(H,27,29). The molecule has 0 aliphatic rings. The van der Waals surface area contributed by atoms with Crippen molar-refractivity contribution in [2.75, 3.05) is 12.4 Å². The average molecular weight is 453 g/mol. The molecule has 0 fully saturated rings. The summed E-state index contributed by atoms with van der Waals surface area (Å²) in [5, 5.41) is 6.04. The molecule has 164 valence electrons. The molecule has 32 heavy (non-hydrogen) atoms. The van der Waals surface area contributed by atoms with Crippen LogP contribution in [-0.4, -0.2) is 24.9 Å². The van der Waals surface area contributed by atoms with Gasteiger partial charge >= 0.3 is 5.97 Å². The summed E-state index contributed by atoms with van der Waals surface area (Å²) < 4.78 is 10.2. The molecule has 0 radical (unpaired) electrons. The number of benzene rings is 3. The molecular weight excluding hydrogens is 432 g/mol. The SMILES string of the molecule is COc1ccc(Cl)cc1C(=O)NCc1ccc(NC(=O)c2cccc(OC(C)=O)c2)cc1. The maximum Gasteiger partial charge on any atom is 0.308 e. The molecule has 0 bridgehead atoms. The van der Waals surface area contributed by atoms with Gasteiger partial charge in [0, 0.05) is 29.7 Å². The van der Waals surface area contributed by atoms with Gasteiger partial charge in [0.1, 0.15) is 11.5 Å². The van der Waals surface area contributed by atoms with Crippen LogP contribution in [0.25, 0.3) is 0 Å². The van der Waals surface area contributed by atoms with Crippen molar-refractivity contribution in [3.8, 4) is 11.5 Å².